The van der Waals surface area contributed by atoms with Crippen LogP contribution in [0.4, 0.5) is 0 Å². The first-order chi connectivity index (χ1) is 11.4. The fraction of sp³-hybridized carbons (Fsp3) is 0.105. The number of nitrogens with zero attached hydrogens (tertiary/aromatic N) is 1. The van der Waals surface area contributed by atoms with Gasteiger partial charge < -0.3 is 14.2 Å². The minimum absolute atomic E-state index is 0.463. The molecule has 3 aromatic rings. The van der Waals surface area contributed by atoms with Gasteiger partial charge in [-0.05, 0) is 43.3 Å². The quantitative estimate of drug-likeness (QED) is 0.638. The third-order valence-corrected chi connectivity index (χ3v) is 3.06. The zero-order valence-corrected chi connectivity index (χ0v) is 12.8. The summed E-state index contributed by atoms with van der Waals surface area (Å²) in [5, 5.41) is 0. The SMILES string of the molecule is CCOc1ncccc1Oc1ccccc1Oc1ccccc1. The van der Waals surface area contributed by atoms with Crippen LogP contribution in [0.5, 0.6) is 28.9 Å². The van der Waals surface area contributed by atoms with Crippen molar-refractivity contribution < 1.29 is 14.2 Å². The van der Waals surface area contributed by atoms with Crippen LogP contribution in [0, 0.1) is 0 Å². The van der Waals surface area contributed by atoms with Crippen LogP contribution in [0.25, 0.3) is 0 Å². The van der Waals surface area contributed by atoms with Crippen molar-refractivity contribution in [3.05, 3.63) is 72.9 Å². The molecule has 0 radical (unpaired) electrons. The first-order valence-electron chi connectivity index (χ1n) is 7.44. The Bertz CT molecular complexity index is 759. The van der Waals surface area contributed by atoms with Crippen LogP contribution in [-0.2, 0) is 0 Å². The highest BCUT2D eigenvalue weighted by Gasteiger charge is 2.11. The summed E-state index contributed by atoms with van der Waals surface area (Å²) in [5.41, 5.74) is 0. The van der Waals surface area contributed by atoms with Crippen molar-refractivity contribution in [1.82, 2.24) is 4.98 Å². The molecule has 3 rings (SSSR count). The lowest BCUT2D eigenvalue weighted by Crippen LogP contribution is -1.97. The molecule has 0 aliphatic carbocycles. The monoisotopic (exact) mass is 307 g/mol. The number of benzene rings is 2. The van der Waals surface area contributed by atoms with Gasteiger partial charge in [0.25, 0.3) is 5.88 Å². The fourth-order valence-electron chi connectivity index (χ4n) is 2.05. The van der Waals surface area contributed by atoms with Crippen LogP contribution >= 0.6 is 0 Å². The van der Waals surface area contributed by atoms with E-state index in [2.05, 4.69) is 4.98 Å². The van der Waals surface area contributed by atoms with Crippen LogP contribution in [0.3, 0.4) is 0 Å². The highest BCUT2D eigenvalue weighted by molar-refractivity contribution is 5.46. The summed E-state index contributed by atoms with van der Waals surface area (Å²) in [7, 11) is 0. The van der Waals surface area contributed by atoms with Crippen molar-refractivity contribution in [1.29, 1.82) is 0 Å². The molecular weight excluding hydrogens is 290 g/mol. The van der Waals surface area contributed by atoms with Gasteiger partial charge in [0.05, 0.1) is 6.61 Å². The van der Waals surface area contributed by atoms with E-state index in [1.54, 1.807) is 12.3 Å². The summed E-state index contributed by atoms with van der Waals surface area (Å²) >= 11 is 0. The van der Waals surface area contributed by atoms with E-state index in [9.17, 15) is 0 Å². The van der Waals surface area contributed by atoms with Gasteiger partial charge in [-0.2, -0.15) is 0 Å². The van der Waals surface area contributed by atoms with Crippen molar-refractivity contribution in [2.75, 3.05) is 6.61 Å². The summed E-state index contributed by atoms with van der Waals surface area (Å²) in [4.78, 5) is 4.19. The molecule has 0 bridgehead atoms. The number of aromatic nitrogens is 1. The van der Waals surface area contributed by atoms with E-state index in [0.717, 1.165) is 5.75 Å². The van der Waals surface area contributed by atoms with Crippen LogP contribution in [-0.4, -0.2) is 11.6 Å². The molecule has 0 spiro atoms. The Balaban J connectivity index is 1.86. The zero-order chi connectivity index (χ0) is 15.9. The second kappa shape index (κ2) is 7.31. The lowest BCUT2D eigenvalue weighted by atomic mass is 10.3. The molecule has 0 fully saturated rings. The van der Waals surface area contributed by atoms with E-state index in [0.29, 0.717) is 29.7 Å². The minimum atomic E-state index is 0.463. The summed E-state index contributed by atoms with van der Waals surface area (Å²) < 4.78 is 17.3. The Morgan fingerprint density at radius 3 is 2.13 bits per heavy atom. The van der Waals surface area contributed by atoms with Crippen molar-refractivity contribution in [3.8, 4) is 28.9 Å². The standard InChI is InChI=1S/C19H17NO3/c1-2-21-19-18(13-8-14-20-19)23-17-12-7-6-11-16(17)22-15-9-4-3-5-10-15/h3-14H,2H2,1H3. The van der Waals surface area contributed by atoms with Crippen LogP contribution < -0.4 is 14.2 Å². The fourth-order valence-corrected chi connectivity index (χ4v) is 2.05. The molecular formula is C19H17NO3. The first kappa shape index (κ1) is 14.9. The minimum Gasteiger partial charge on any atom is -0.475 e. The van der Waals surface area contributed by atoms with Crippen LogP contribution in [0.15, 0.2) is 72.9 Å². The normalized spacial score (nSPS) is 10.1. The van der Waals surface area contributed by atoms with Gasteiger partial charge in [-0.25, -0.2) is 4.98 Å². The lowest BCUT2D eigenvalue weighted by Gasteiger charge is -2.13. The van der Waals surface area contributed by atoms with Gasteiger partial charge in [0, 0.05) is 6.20 Å². The van der Waals surface area contributed by atoms with Crippen LogP contribution in [0.2, 0.25) is 0 Å². The van der Waals surface area contributed by atoms with Gasteiger partial charge in [-0.1, -0.05) is 30.3 Å². The molecule has 4 heteroatoms. The Hall–Kier alpha value is -3.01. The molecule has 0 atom stereocenters. The number of ether oxygens (including phenoxy) is 3. The van der Waals surface area contributed by atoms with E-state index in [1.807, 2.05) is 67.6 Å². The van der Waals surface area contributed by atoms with Crippen molar-refractivity contribution >= 4 is 0 Å². The summed E-state index contributed by atoms with van der Waals surface area (Å²) in [5.74, 6) is 3.00. The molecule has 0 aliphatic rings. The summed E-state index contributed by atoms with van der Waals surface area (Å²) in [6.45, 7) is 2.43. The van der Waals surface area contributed by atoms with Crippen molar-refractivity contribution in [2.45, 2.75) is 6.92 Å². The van der Waals surface area contributed by atoms with Gasteiger partial charge >= 0.3 is 0 Å². The van der Waals surface area contributed by atoms with E-state index in [4.69, 9.17) is 14.2 Å². The van der Waals surface area contributed by atoms with Crippen LogP contribution in [0.1, 0.15) is 6.92 Å². The number of pyridine rings is 1. The smallest absolute Gasteiger partial charge is 0.257 e. The van der Waals surface area contributed by atoms with Crippen molar-refractivity contribution in [2.24, 2.45) is 0 Å². The molecule has 0 aliphatic heterocycles. The maximum absolute atomic E-state index is 5.95. The Labute approximate surface area is 135 Å². The highest BCUT2D eigenvalue weighted by atomic mass is 16.5. The molecule has 0 amide bonds. The molecule has 23 heavy (non-hydrogen) atoms. The molecule has 116 valence electrons. The molecule has 2 aromatic carbocycles. The molecule has 0 saturated carbocycles. The Morgan fingerprint density at radius 2 is 1.39 bits per heavy atom. The third-order valence-electron chi connectivity index (χ3n) is 3.06. The maximum atomic E-state index is 5.95. The summed E-state index contributed by atoms with van der Waals surface area (Å²) in [6.07, 6.45) is 1.67. The maximum Gasteiger partial charge on any atom is 0.257 e. The number of para-hydroxylation sites is 3. The number of hydrogen-bond donors (Lipinski definition) is 0. The molecule has 4 nitrogen and oxygen atoms in total. The Kier molecular flexibility index (Phi) is 4.74. The van der Waals surface area contributed by atoms with Crippen molar-refractivity contribution in [3.63, 3.8) is 0 Å². The first-order valence-corrected chi connectivity index (χ1v) is 7.44. The Morgan fingerprint density at radius 1 is 0.739 bits per heavy atom. The molecule has 1 heterocycles. The average Bonchev–Trinajstić information content (AvgIpc) is 2.59. The number of rotatable bonds is 6. The van der Waals surface area contributed by atoms with Gasteiger partial charge in [0.1, 0.15) is 5.75 Å². The average molecular weight is 307 g/mol. The molecule has 1 aromatic heterocycles. The predicted molar refractivity (Wildman–Crippen MR) is 88.4 cm³/mol. The topological polar surface area (TPSA) is 40.6 Å². The zero-order valence-electron chi connectivity index (χ0n) is 12.8. The second-order valence-corrected chi connectivity index (χ2v) is 4.70. The highest BCUT2D eigenvalue weighted by Crippen LogP contribution is 2.37. The molecule has 0 unspecified atom stereocenters. The molecule has 0 saturated heterocycles. The van der Waals surface area contributed by atoms with Gasteiger partial charge in [0.2, 0.25) is 0 Å². The van der Waals surface area contributed by atoms with E-state index in [-0.39, 0.29) is 0 Å². The van der Waals surface area contributed by atoms with Gasteiger partial charge in [-0.3, -0.25) is 0 Å². The van der Waals surface area contributed by atoms with E-state index >= 15 is 0 Å². The van der Waals surface area contributed by atoms with Gasteiger partial charge in [0.15, 0.2) is 17.2 Å². The largest absolute Gasteiger partial charge is 0.475 e. The predicted octanol–water partition coefficient (Wildman–Crippen LogP) is 5.06. The number of hydrogen-bond acceptors (Lipinski definition) is 4. The van der Waals surface area contributed by atoms with E-state index < -0.39 is 0 Å². The third kappa shape index (κ3) is 3.80. The molecule has 0 N–H and O–H groups in total. The summed E-state index contributed by atoms with van der Waals surface area (Å²) in [6, 6.07) is 20.7. The lowest BCUT2D eigenvalue weighted by molar-refractivity contribution is 0.306. The second-order valence-electron chi connectivity index (χ2n) is 4.70. The van der Waals surface area contributed by atoms with E-state index in [1.165, 1.54) is 0 Å². The van der Waals surface area contributed by atoms with Gasteiger partial charge in [-0.15, -0.1) is 0 Å².